The van der Waals surface area contributed by atoms with Crippen molar-refractivity contribution in [1.82, 2.24) is 5.32 Å². The molecule has 2 aromatic rings. The molecule has 0 fully saturated rings. The number of hydrogen-bond donors (Lipinski definition) is 1. The van der Waals surface area contributed by atoms with E-state index in [0.717, 1.165) is 16.5 Å². The van der Waals surface area contributed by atoms with Crippen molar-refractivity contribution in [3.8, 4) is 0 Å². The highest BCUT2D eigenvalue weighted by Gasteiger charge is 2.01. The molecule has 78 valence electrons. The van der Waals surface area contributed by atoms with Gasteiger partial charge in [0.2, 0.25) is 5.91 Å². The Bertz CT molecular complexity index is 478. The quantitative estimate of drug-likeness (QED) is 0.812. The van der Waals surface area contributed by atoms with E-state index >= 15 is 0 Å². The molecular weight excluding hydrogens is 214 g/mol. The van der Waals surface area contributed by atoms with Crippen LogP contribution in [-0.2, 0) is 11.3 Å². The Hall–Kier alpha value is -1.48. The molecular formula is C11H10ClNO2. The number of rotatable bonds is 3. The van der Waals surface area contributed by atoms with E-state index in [4.69, 9.17) is 16.0 Å². The smallest absolute Gasteiger partial charge is 0.235 e. The van der Waals surface area contributed by atoms with E-state index in [0.29, 0.717) is 6.54 Å². The molecule has 0 aliphatic carbocycles. The zero-order valence-electron chi connectivity index (χ0n) is 8.00. The second-order valence-corrected chi connectivity index (χ2v) is 3.47. The first-order chi connectivity index (χ1) is 7.29. The standard InChI is InChI=1S/C11H10ClNO2/c12-6-11(14)13-7-8-1-2-10-9(5-8)3-4-15-10/h1-5H,6-7H2,(H,13,14). The van der Waals surface area contributed by atoms with E-state index in [1.165, 1.54) is 0 Å². The van der Waals surface area contributed by atoms with Crippen molar-refractivity contribution in [2.24, 2.45) is 0 Å². The van der Waals surface area contributed by atoms with Gasteiger partial charge >= 0.3 is 0 Å². The first-order valence-electron chi connectivity index (χ1n) is 4.58. The fraction of sp³-hybridized carbons (Fsp3) is 0.182. The van der Waals surface area contributed by atoms with Gasteiger partial charge in [0.05, 0.1) is 6.26 Å². The number of furan rings is 1. The maximum atomic E-state index is 10.9. The van der Waals surface area contributed by atoms with Crippen LogP contribution >= 0.6 is 11.6 Å². The summed E-state index contributed by atoms with van der Waals surface area (Å²) in [6, 6.07) is 7.67. The van der Waals surface area contributed by atoms with Gasteiger partial charge < -0.3 is 9.73 Å². The molecule has 1 aromatic heterocycles. The van der Waals surface area contributed by atoms with Gasteiger partial charge in [-0.3, -0.25) is 4.79 Å². The van der Waals surface area contributed by atoms with Crippen molar-refractivity contribution in [2.75, 3.05) is 5.88 Å². The van der Waals surface area contributed by atoms with Gasteiger partial charge in [0.25, 0.3) is 0 Å². The Kier molecular flexibility index (Phi) is 2.92. The van der Waals surface area contributed by atoms with Crippen LogP contribution in [-0.4, -0.2) is 11.8 Å². The lowest BCUT2D eigenvalue weighted by Crippen LogP contribution is -2.23. The highest BCUT2D eigenvalue weighted by Crippen LogP contribution is 2.16. The fourth-order valence-corrected chi connectivity index (χ4v) is 1.47. The molecule has 0 bridgehead atoms. The molecule has 0 aliphatic rings. The molecule has 0 atom stereocenters. The van der Waals surface area contributed by atoms with Crippen molar-refractivity contribution < 1.29 is 9.21 Å². The zero-order valence-corrected chi connectivity index (χ0v) is 8.75. The molecule has 0 saturated heterocycles. The second kappa shape index (κ2) is 4.36. The minimum atomic E-state index is -0.163. The van der Waals surface area contributed by atoms with Crippen LogP contribution in [0.25, 0.3) is 11.0 Å². The minimum absolute atomic E-state index is 0.00600. The predicted molar refractivity (Wildman–Crippen MR) is 58.8 cm³/mol. The molecule has 0 spiro atoms. The third-order valence-electron chi connectivity index (χ3n) is 2.13. The van der Waals surface area contributed by atoms with E-state index < -0.39 is 0 Å². The van der Waals surface area contributed by atoms with Gasteiger partial charge in [0.1, 0.15) is 11.5 Å². The maximum Gasteiger partial charge on any atom is 0.235 e. The Morgan fingerprint density at radius 3 is 3.07 bits per heavy atom. The summed E-state index contributed by atoms with van der Waals surface area (Å²) < 4.78 is 5.21. The molecule has 0 aliphatic heterocycles. The normalized spacial score (nSPS) is 10.5. The number of amides is 1. The largest absolute Gasteiger partial charge is 0.464 e. The third kappa shape index (κ3) is 2.30. The van der Waals surface area contributed by atoms with Gasteiger partial charge in [-0.15, -0.1) is 11.6 Å². The topological polar surface area (TPSA) is 42.2 Å². The number of fused-ring (bicyclic) bond motifs is 1. The first-order valence-corrected chi connectivity index (χ1v) is 5.12. The van der Waals surface area contributed by atoms with Crippen LogP contribution in [0.15, 0.2) is 34.9 Å². The molecule has 1 heterocycles. The summed E-state index contributed by atoms with van der Waals surface area (Å²) in [6.45, 7) is 0.493. The number of benzene rings is 1. The lowest BCUT2D eigenvalue weighted by molar-refractivity contribution is -0.118. The van der Waals surface area contributed by atoms with Crippen LogP contribution < -0.4 is 5.32 Å². The molecule has 4 heteroatoms. The van der Waals surface area contributed by atoms with Gasteiger partial charge in [0.15, 0.2) is 0 Å². The van der Waals surface area contributed by atoms with Gasteiger partial charge in [-0.1, -0.05) is 6.07 Å². The van der Waals surface area contributed by atoms with Crippen molar-refractivity contribution in [2.45, 2.75) is 6.54 Å². The number of carbonyl (C=O) groups is 1. The number of carbonyl (C=O) groups excluding carboxylic acids is 1. The van der Waals surface area contributed by atoms with Crippen LogP contribution in [0.1, 0.15) is 5.56 Å². The summed E-state index contributed by atoms with van der Waals surface area (Å²) >= 11 is 5.37. The number of nitrogens with one attached hydrogen (secondary N) is 1. The summed E-state index contributed by atoms with van der Waals surface area (Å²) in [5.74, 6) is -0.169. The Morgan fingerprint density at radius 2 is 2.27 bits per heavy atom. The fourth-order valence-electron chi connectivity index (χ4n) is 1.37. The monoisotopic (exact) mass is 223 g/mol. The van der Waals surface area contributed by atoms with E-state index in [1.807, 2.05) is 24.3 Å². The Morgan fingerprint density at radius 1 is 1.40 bits per heavy atom. The number of alkyl halides is 1. The molecule has 0 unspecified atom stereocenters. The number of hydrogen-bond acceptors (Lipinski definition) is 2. The average Bonchev–Trinajstić information content (AvgIpc) is 2.72. The molecule has 0 radical (unpaired) electrons. The van der Waals surface area contributed by atoms with E-state index in [1.54, 1.807) is 6.26 Å². The zero-order chi connectivity index (χ0) is 10.7. The predicted octanol–water partition coefficient (Wildman–Crippen LogP) is 2.29. The molecule has 1 aromatic carbocycles. The van der Waals surface area contributed by atoms with Crippen LogP contribution in [0.2, 0.25) is 0 Å². The molecule has 3 nitrogen and oxygen atoms in total. The maximum absolute atomic E-state index is 10.9. The van der Waals surface area contributed by atoms with Crippen molar-refractivity contribution in [1.29, 1.82) is 0 Å². The molecule has 1 amide bonds. The van der Waals surface area contributed by atoms with E-state index in [-0.39, 0.29) is 11.8 Å². The van der Waals surface area contributed by atoms with Crippen molar-refractivity contribution in [3.05, 3.63) is 36.1 Å². The molecule has 2 rings (SSSR count). The summed E-state index contributed by atoms with van der Waals surface area (Å²) in [6.07, 6.45) is 1.64. The SMILES string of the molecule is O=C(CCl)NCc1ccc2occc2c1. The van der Waals surface area contributed by atoms with Crippen LogP contribution in [0.5, 0.6) is 0 Å². The van der Waals surface area contributed by atoms with Crippen LogP contribution in [0, 0.1) is 0 Å². The van der Waals surface area contributed by atoms with E-state index in [2.05, 4.69) is 5.32 Å². The van der Waals surface area contributed by atoms with Crippen LogP contribution in [0.3, 0.4) is 0 Å². The van der Waals surface area contributed by atoms with Gasteiger partial charge in [-0.25, -0.2) is 0 Å². The van der Waals surface area contributed by atoms with Gasteiger partial charge in [-0.05, 0) is 23.8 Å². The second-order valence-electron chi connectivity index (χ2n) is 3.20. The number of halogens is 1. The summed E-state index contributed by atoms with van der Waals surface area (Å²) in [5.41, 5.74) is 1.88. The highest BCUT2D eigenvalue weighted by atomic mass is 35.5. The van der Waals surface area contributed by atoms with Crippen molar-refractivity contribution >= 4 is 28.5 Å². The van der Waals surface area contributed by atoms with Gasteiger partial charge in [-0.2, -0.15) is 0 Å². The molecule has 1 N–H and O–H groups in total. The first kappa shape index (κ1) is 10.1. The van der Waals surface area contributed by atoms with Gasteiger partial charge in [0, 0.05) is 11.9 Å². The third-order valence-corrected chi connectivity index (χ3v) is 2.37. The average molecular weight is 224 g/mol. The lowest BCUT2D eigenvalue weighted by Gasteiger charge is -2.02. The summed E-state index contributed by atoms with van der Waals surface area (Å²) in [4.78, 5) is 10.9. The Labute approximate surface area is 92.0 Å². The van der Waals surface area contributed by atoms with Crippen LogP contribution in [0.4, 0.5) is 0 Å². The molecule has 15 heavy (non-hydrogen) atoms. The summed E-state index contributed by atoms with van der Waals surface area (Å²) in [5, 5.41) is 3.74. The Balaban J connectivity index is 2.11. The highest BCUT2D eigenvalue weighted by molar-refractivity contribution is 6.27. The summed E-state index contributed by atoms with van der Waals surface area (Å²) in [7, 11) is 0. The van der Waals surface area contributed by atoms with Crippen molar-refractivity contribution in [3.63, 3.8) is 0 Å². The molecule has 0 saturated carbocycles. The lowest BCUT2D eigenvalue weighted by atomic mass is 10.1. The minimum Gasteiger partial charge on any atom is -0.464 e. The van der Waals surface area contributed by atoms with E-state index in [9.17, 15) is 4.79 Å².